The minimum absolute atomic E-state index is 0.0197. The van der Waals surface area contributed by atoms with Crippen LogP contribution in [0.2, 0.25) is 0 Å². The predicted molar refractivity (Wildman–Crippen MR) is 96.2 cm³/mol. The summed E-state index contributed by atoms with van der Waals surface area (Å²) in [5.74, 6) is 0. The molecule has 1 saturated carbocycles. The van der Waals surface area contributed by atoms with Gasteiger partial charge >= 0.3 is 6.18 Å². The molecule has 0 aliphatic heterocycles. The highest BCUT2D eigenvalue weighted by Gasteiger charge is 2.45. The number of aliphatic hydroxyl groups is 1. The molecule has 0 saturated heterocycles. The Morgan fingerprint density at radius 3 is 2.68 bits per heavy atom. The largest absolute Gasteiger partial charge is 0.433 e. The van der Waals surface area contributed by atoms with Crippen LogP contribution in [0.1, 0.15) is 36.6 Å². The van der Waals surface area contributed by atoms with Crippen LogP contribution >= 0.6 is 0 Å². The zero-order chi connectivity index (χ0) is 20.1. The average Bonchev–Trinajstić information content (AvgIpc) is 3.30. The van der Waals surface area contributed by atoms with Gasteiger partial charge in [-0.25, -0.2) is 4.98 Å². The molecule has 1 fully saturated rings. The Morgan fingerprint density at radius 2 is 2.07 bits per heavy atom. The van der Waals surface area contributed by atoms with Crippen LogP contribution in [-0.2, 0) is 18.0 Å². The maximum atomic E-state index is 13.5. The van der Waals surface area contributed by atoms with Crippen LogP contribution in [0.4, 0.5) is 13.2 Å². The molecular formula is C20H17F3N4O. The van der Waals surface area contributed by atoms with Gasteiger partial charge in [0.1, 0.15) is 5.69 Å². The molecule has 0 bridgehead atoms. The van der Waals surface area contributed by atoms with E-state index in [1.807, 2.05) is 11.2 Å². The minimum atomic E-state index is -4.60. The third-order valence-electron chi connectivity index (χ3n) is 5.09. The van der Waals surface area contributed by atoms with Crippen LogP contribution in [-0.4, -0.2) is 26.4 Å². The van der Waals surface area contributed by atoms with Gasteiger partial charge in [0, 0.05) is 6.20 Å². The fourth-order valence-electron chi connectivity index (χ4n) is 3.57. The zero-order valence-electron chi connectivity index (χ0n) is 15.0. The van der Waals surface area contributed by atoms with Gasteiger partial charge in [0.05, 0.1) is 23.0 Å². The van der Waals surface area contributed by atoms with Crippen molar-refractivity contribution >= 4 is 11.0 Å². The fraction of sp³-hybridized carbons (Fsp3) is 0.350. The monoisotopic (exact) mass is 386 g/mol. The first-order valence-corrected chi connectivity index (χ1v) is 8.88. The van der Waals surface area contributed by atoms with Crippen molar-refractivity contribution in [1.82, 2.24) is 15.2 Å². The number of nitrogens with zero attached hydrogens (tertiary/aromatic N) is 3. The van der Waals surface area contributed by atoms with Crippen LogP contribution in [0, 0.1) is 11.3 Å². The lowest BCUT2D eigenvalue weighted by atomic mass is 9.89. The van der Waals surface area contributed by atoms with Crippen molar-refractivity contribution in [3.8, 4) is 17.2 Å². The molecule has 0 unspecified atom stereocenters. The fourth-order valence-corrected chi connectivity index (χ4v) is 3.57. The molecule has 0 amide bonds. The molecule has 0 radical (unpaired) electrons. The molecular weight excluding hydrogens is 369 g/mol. The van der Waals surface area contributed by atoms with Crippen molar-refractivity contribution in [3.63, 3.8) is 0 Å². The normalized spacial score (nSPS) is 16.7. The number of pyridine rings is 1. The number of halogens is 3. The number of alkyl halides is 3. The van der Waals surface area contributed by atoms with Crippen molar-refractivity contribution in [2.45, 2.75) is 43.9 Å². The standard InChI is InChI=1S/C20H17F3N4O/c1-11(28)6-12-7-13(9-14(8-12)19(10-24)3-4-19)15-2-5-25-18-16(15)17(26-27-18)20(21,22)23/h2,5,7-9,11,28H,3-4,6H2,1H3,(H,25,26,27)/t11-/m1/s1. The molecule has 2 N–H and O–H groups in total. The predicted octanol–water partition coefficient (Wildman–Crippen LogP) is 4.12. The lowest BCUT2D eigenvalue weighted by Crippen LogP contribution is -2.09. The van der Waals surface area contributed by atoms with E-state index in [9.17, 15) is 23.5 Å². The highest BCUT2D eigenvalue weighted by Crippen LogP contribution is 2.49. The molecule has 1 atom stereocenters. The number of benzene rings is 1. The van der Waals surface area contributed by atoms with Crippen molar-refractivity contribution < 1.29 is 18.3 Å². The summed E-state index contributed by atoms with van der Waals surface area (Å²) in [6.07, 6.45) is -2.03. The molecule has 4 rings (SSSR count). The summed E-state index contributed by atoms with van der Waals surface area (Å²) in [6, 6.07) is 9.23. The summed E-state index contributed by atoms with van der Waals surface area (Å²) in [7, 11) is 0. The van der Waals surface area contributed by atoms with Crippen LogP contribution < -0.4 is 0 Å². The van der Waals surface area contributed by atoms with Crippen molar-refractivity contribution in [2.75, 3.05) is 0 Å². The van der Waals surface area contributed by atoms with Gasteiger partial charge in [-0.1, -0.05) is 12.1 Å². The van der Waals surface area contributed by atoms with E-state index in [1.165, 1.54) is 12.3 Å². The number of hydrogen-bond donors (Lipinski definition) is 2. The number of H-pyrrole nitrogens is 1. The first-order chi connectivity index (χ1) is 13.2. The van der Waals surface area contributed by atoms with Crippen LogP contribution in [0.3, 0.4) is 0 Å². The number of aromatic nitrogens is 3. The summed E-state index contributed by atoms with van der Waals surface area (Å²) in [6.45, 7) is 1.64. The summed E-state index contributed by atoms with van der Waals surface area (Å²) in [5.41, 5.74) is 0.862. The first kappa shape index (κ1) is 18.4. The molecule has 5 nitrogen and oxygen atoms in total. The molecule has 3 aromatic rings. The van der Waals surface area contributed by atoms with Gasteiger partial charge in [0.15, 0.2) is 5.65 Å². The Labute approximate surface area is 158 Å². The van der Waals surface area contributed by atoms with E-state index >= 15 is 0 Å². The molecule has 144 valence electrons. The van der Waals surface area contributed by atoms with Gasteiger partial charge in [0.25, 0.3) is 0 Å². The smallest absolute Gasteiger partial charge is 0.393 e. The number of nitrogens with one attached hydrogen (secondary N) is 1. The van der Waals surface area contributed by atoms with Gasteiger partial charge in [-0.3, -0.25) is 5.10 Å². The second-order valence-electron chi connectivity index (χ2n) is 7.32. The molecule has 0 spiro atoms. The van der Waals surface area contributed by atoms with Crippen molar-refractivity contribution in [1.29, 1.82) is 5.26 Å². The Balaban J connectivity index is 1.96. The Kier molecular flexibility index (Phi) is 4.16. The van der Waals surface area contributed by atoms with Crippen LogP contribution in [0.5, 0.6) is 0 Å². The quantitative estimate of drug-likeness (QED) is 0.706. The van der Waals surface area contributed by atoms with Gasteiger partial charge in [-0.2, -0.15) is 23.5 Å². The van der Waals surface area contributed by atoms with Crippen molar-refractivity contribution in [3.05, 3.63) is 47.3 Å². The van der Waals surface area contributed by atoms with Gasteiger partial charge in [-0.05, 0) is 60.6 Å². The molecule has 2 heterocycles. The van der Waals surface area contributed by atoms with Gasteiger partial charge < -0.3 is 5.11 Å². The zero-order valence-corrected chi connectivity index (χ0v) is 15.0. The lowest BCUT2D eigenvalue weighted by Gasteiger charge is -2.15. The van der Waals surface area contributed by atoms with Crippen molar-refractivity contribution in [2.24, 2.45) is 0 Å². The number of rotatable bonds is 4. The van der Waals surface area contributed by atoms with E-state index in [1.54, 1.807) is 19.1 Å². The van der Waals surface area contributed by atoms with E-state index in [4.69, 9.17) is 0 Å². The molecule has 1 aromatic carbocycles. The Morgan fingerprint density at radius 1 is 1.32 bits per heavy atom. The SMILES string of the molecule is C[C@@H](O)Cc1cc(-c2ccnc3n[nH]c(C(F)(F)F)c23)cc(C2(C#N)CC2)c1. The third kappa shape index (κ3) is 3.12. The second-order valence-corrected chi connectivity index (χ2v) is 7.32. The number of aromatic amines is 1. The Hall–Kier alpha value is -2.92. The van der Waals surface area contributed by atoms with E-state index in [-0.39, 0.29) is 11.0 Å². The van der Waals surface area contributed by atoms with E-state index in [0.717, 1.165) is 11.1 Å². The third-order valence-corrected chi connectivity index (χ3v) is 5.09. The van der Waals surface area contributed by atoms with E-state index < -0.39 is 23.4 Å². The Bertz CT molecular complexity index is 1090. The van der Waals surface area contributed by atoms with Crippen LogP contribution in [0.15, 0.2) is 30.5 Å². The number of fused-ring (bicyclic) bond motifs is 1. The molecule has 28 heavy (non-hydrogen) atoms. The summed E-state index contributed by atoms with van der Waals surface area (Å²) in [4.78, 5) is 3.94. The molecule has 2 aromatic heterocycles. The number of aliphatic hydroxyl groups excluding tert-OH is 1. The van der Waals surface area contributed by atoms with Crippen LogP contribution in [0.25, 0.3) is 22.2 Å². The average molecular weight is 386 g/mol. The number of hydrogen-bond acceptors (Lipinski definition) is 4. The highest BCUT2D eigenvalue weighted by atomic mass is 19.4. The van der Waals surface area contributed by atoms with Gasteiger partial charge in [-0.15, -0.1) is 0 Å². The topological polar surface area (TPSA) is 85.6 Å². The second kappa shape index (κ2) is 6.31. The highest BCUT2D eigenvalue weighted by molar-refractivity contribution is 5.95. The van der Waals surface area contributed by atoms with Gasteiger partial charge in [0.2, 0.25) is 0 Å². The summed E-state index contributed by atoms with van der Waals surface area (Å²) in [5, 5.41) is 25.0. The molecule has 1 aliphatic carbocycles. The summed E-state index contributed by atoms with van der Waals surface area (Å²) < 4.78 is 40.4. The number of nitriles is 1. The van der Waals surface area contributed by atoms with E-state index in [0.29, 0.717) is 30.4 Å². The lowest BCUT2D eigenvalue weighted by molar-refractivity contribution is -0.139. The minimum Gasteiger partial charge on any atom is -0.393 e. The first-order valence-electron chi connectivity index (χ1n) is 8.88. The maximum Gasteiger partial charge on any atom is 0.433 e. The summed E-state index contributed by atoms with van der Waals surface area (Å²) >= 11 is 0. The van der Waals surface area contributed by atoms with E-state index in [2.05, 4.69) is 16.2 Å². The molecule has 8 heteroatoms. The molecule has 1 aliphatic rings. The maximum absolute atomic E-state index is 13.5.